The maximum absolute atomic E-state index is 5.20. The SMILES string of the molecule is COCCN1[C@H](C)CN(c2cncc(SC)n2)C[C@H]1C. The minimum atomic E-state index is 0.494. The van der Waals surface area contributed by atoms with Crippen LogP contribution in [0.5, 0.6) is 0 Å². The topological polar surface area (TPSA) is 41.5 Å². The molecule has 5 nitrogen and oxygen atoms in total. The van der Waals surface area contributed by atoms with E-state index < -0.39 is 0 Å². The number of aromatic nitrogens is 2. The summed E-state index contributed by atoms with van der Waals surface area (Å²) in [6, 6.07) is 0.988. The van der Waals surface area contributed by atoms with Gasteiger partial charge in [0.1, 0.15) is 10.8 Å². The Balaban J connectivity index is 2.05. The van der Waals surface area contributed by atoms with Gasteiger partial charge in [0, 0.05) is 38.8 Å². The second kappa shape index (κ2) is 7.24. The molecule has 0 N–H and O–H groups in total. The van der Waals surface area contributed by atoms with Crippen molar-refractivity contribution in [3.05, 3.63) is 12.4 Å². The highest BCUT2D eigenvalue weighted by atomic mass is 32.2. The summed E-state index contributed by atoms with van der Waals surface area (Å²) < 4.78 is 5.20. The van der Waals surface area contributed by atoms with Gasteiger partial charge in [-0.05, 0) is 20.1 Å². The summed E-state index contributed by atoms with van der Waals surface area (Å²) in [7, 11) is 1.76. The van der Waals surface area contributed by atoms with Gasteiger partial charge >= 0.3 is 0 Å². The fourth-order valence-electron chi connectivity index (χ4n) is 2.77. The molecule has 1 aromatic heterocycles. The van der Waals surface area contributed by atoms with Gasteiger partial charge in [-0.2, -0.15) is 0 Å². The average molecular weight is 296 g/mol. The number of piperazine rings is 1. The number of rotatable bonds is 5. The molecule has 0 aromatic carbocycles. The van der Waals surface area contributed by atoms with Gasteiger partial charge in [0.05, 0.1) is 19.0 Å². The lowest BCUT2D eigenvalue weighted by Gasteiger charge is -2.44. The first-order valence-electron chi connectivity index (χ1n) is 7.01. The number of hydrogen-bond donors (Lipinski definition) is 0. The van der Waals surface area contributed by atoms with Crippen molar-refractivity contribution in [2.45, 2.75) is 31.0 Å². The van der Waals surface area contributed by atoms with Gasteiger partial charge in [0.15, 0.2) is 0 Å². The van der Waals surface area contributed by atoms with Gasteiger partial charge in [-0.15, -0.1) is 11.8 Å². The van der Waals surface area contributed by atoms with E-state index >= 15 is 0 Å². The molecular formula is C14H24N4OS. The molecule has 0 aliphatic carbocycles. The molecule has 6 heteroatoms. The Bertz CT molecular complexity index is 419. The van der Waals surface area contributed by atoms with Crippen molar-refractivity contribution in [1.82, 2.24) is 14.9 Å². The smallest absolute Gasteiger partial charge is 0.148 e. The number of anilines is 1. The van der Waals surface area contributed by atoms with Gasteiger partial charge in [-0.1, -0.05) is 0 Å². The maximum Gasteiger partial charge on any atom is 0.148 e. The minimum absolute atomic E-state index is 0.494. The highest BCUT2D eigenvalue weighted by Gasteiger charge is 2.29. The number of methoxy groups -OCH3 is 1. The van der Waals surface area contributed by atoms with Crippen molar-refractivity contribution in [2.75, 3.05) is 44.5 Å². The normalized spacial score (nSPS) is 24.1. The molecule has 0 radical (unpaired) electrons. The van der Waals surface area contributed by atoms with Crippen molar-refractivity contribution < 1.29 is 4.74 Å². The van der Waals surface area contributed by atoms with Crippen LogP contribution in [0.25, 0.3) is 0 Å². The fourth-order valence-corrected chi connectivity index (χ4v) is 3.12. The Morgan fingerprint density at radius 1 is 1.30 bits per heavy atom. The van der Waals surface area contributed by atoms with Gasteiger partial charge in [0.2, 0.25) is 0 Å². The minimum Gasteiger partial charge on any atom is -0.383 e. The Hall–Kier alpha value is -0.850. The Kier molecular flexibility index (Phi) is 5.63. The van der Waals surface area contributed by atoms with E-state index in [2.05, 4.69) is 33.6 Å². The second-order valence-electron chi connectivity index (χ2n) is 5.25. The predicted molar refractivity (Wildman–Crippen MR) is 83.5 cm³/mol. The van der Waals surface area contributed by atoms with Crippen LogP contribution in [0.2, 0.25) is 0 Å². The average Bonchev–Trinajstić information content (AvgIpc) is 2.46. The summed E-state index contributed by atoms with van der Waals surface area (Å²) in [5.74, 6) is 0.988. The first kappa shape index (κ1) is 15.5. The van der Waals surface area contributed by atoms with Crippen LogP contribution in [0.4, 0.5) is 5.82 Å². The Labute approximate surface area is 125 Å². The molecule has 112 valence electrons. The molecule has 2 rings (SSSR count). The van der Waals surface area contributed by atoms with Crippen molar-refractivity contribution in [2.24, 2.45) is 0 Å². The zero-order valence-electron chi connectivity index (χ0n) is 12.7. The summed E-state index contributed by atoms with van der Waals surface area (Å²) >= 11 is 1.63. The van der Waals surface area contributed by atoms with E-state index in [0.29, 0.717) is 12.1 Å². The lowest BCUT2D eigenvalue weighted by atomic mass is 10.1. The highest BCUT2D eigenvalue weighted by Crippen LogP contribution is 2.22. The van der Waals surface area contributed by atoms with Crippen LogP contribution in [0, 0.1) is 0 Å². The van der Waals surface area contributed by atoms with E-state index in [1.807, 2.05) is 18.6 Å². The number of ether oxygens (including phenoxy) is 1. The molecule has 1 saturated heterocycles. The Morgan fingerprint density at radius 3 is 2.60 bits per heavy atom. The summed E-state index contributed by atoms with van der Waals surface area (Å²) in [5.41, 5.74) is 0. The second-order valence-corrected chi connectivity index (χ2v) is 6.08. The molecule has 0 amide bonds. The number of thioether (sulfide) groups is 1. The van der Waals surface area contributed by atoms with Gasteiger partial charge in [0.25, 0.3) is 0 Å². The van der Waals surface area contributed by atoms with E-state index in [9.17, 15) is 0 Å². The third kappa shape index (κ3) is 3.62. The molecule has 2 atom stereocenters. The molecule has 0 saturated carbocycles. The van der Waals surface area contributed by atoms with Crippen LogP contribution >= 0.6 is 11.8 Å². The summed E-state index contributed by atoms with van der Waals surface area (Å²) in [6.45, 7) is 8.29. The lowest BCUT2D eigenvalue weighted by Crippen LogP contribution is -2.57. The summed E-state index contributed by atoms with van der Waals surface area (Å²) in [4.78, 5) is 13.8. The summed E-state index contributed by atoms with van der Waals surface area (Å²) in [5, 5.41) is 0.976. The predicted octanol–water partition coefficient (Wildman–Crippen LogP) is 1.74. The molecule has 2 heterocycles. The van der Waals surface area contributed by atoms with E-state index in [0.717, 1.165) is 37.1 Å². The Morgan fingerprint density at radius 2 is 2.00 bits per heavy atom. The fraction of sp³-hybridized carbons (Fsp3) is 0.714. The molecule has 0 spiro atoms. The standard InChI is InChI=1S/C14H24N4OS/c1-11-9-17(10-12(2)18(11)5-6-19-3)13-7-15-8-14(16-13)20-4/h7-8,11-12H,5-6,9-10H2,1-4H3/t11-,12-/m1/s1. The van der Waals surface area contributed by atoms with Crippen molar-refractivity contribution >= 4 is 17.6 Å². The van der Waals surface area contributed by atoms with E-state index in [4.69, 9.17) is 4.74 Å². The summed E-state index contributed by atoms with van der Waals surface area (Å²) in [6.07, 6.45) is 5.71. The first-order chi connectivity index (χ1) is 9.65. The number of hydrogen-bond acceptors (Lipinski definition) is 6. The number of nitrogens with zero attached hydrogens (tertiary/aromatic N) is 4. The largest absolute Gasteiger partial charge is 0.383 e. The molecule has 1 aliphatic heterocycles. The molecule has 20 heavy (non-hydrogen) atoms. The van der Waals surface area contributed by atoms with Gasteiger partial charge < -0.3 is 9.64 Å². The van der Waals surface area contributed by atoms with Crippen molar-refractivity contribution in [3.63, 3.8) is 0 Å². The van der Waals surface area contributed by atoms with E-state index in [1.165, 1.54) is 0 Å². The van der Waals surface area contributed by atoms with Crippen LogP contribution < -0.4 is 4.90 Å². The zero-order valence-corrected chi connectivity index (χ0v) is 13.6. The maximum atomic E-state index is 5.20. The highest BCUT2D eigenvalue weighted by molar-refractivity contribution is 7.98. The third-order valence-corrected chi connectivity index (χ3v) is 4.40. The van der Waals surface area contributed by atoms with Crippen LogP contribution in [0.1, 0.15) is 13.8 Å². The van der Waals surface area contributed by atoms with Crippen LogP contribution in [0.3, 0.4) is 0 Å². The molecule has 1 fully saturated rings. The van der Waals surface area contributed by atoms with Crippen molar-refractivity contribution in [1.29, 1.82) is 0 Å². The van der Waals surface area contributed by atoms with E-state index in [-0.39, 0.29) is 0 Å². The quantitative estimate of drug-likeness (QED) is 0.771. The van der Waals surface area contributed by atoms with Gasteiger partial charge in [-0.3, -0.25) is 9.88 Å². The van der Waals surface area contributed by atoms with Crippen molar-refractivity contribution in [3.8, 4) is 0 Å². The van der Waals surface area contributed by atoms with Crippen LogP contribution in [0.15, 0.2) is 17.4 Å². The first-order valence-corrected chi connectivity index (χ1v) is 8.23. The molecule has 0 bridgehead atoms. The molecule has 0 unspecified atom stereocenters. The van der Waals surface area contributed by atoms with Crippen LogP contribution in [-0.4, -0.2) is 66.6 Å². The van der Waals surface area contributed by atoms with Gasteiger partial charge in [-0.25, -0.2) is 4.98 Å². The zero-order chi connectivity index (χ0) is 14.5. The lowest BCUT2D eigenvalue weighted by molar-refractivity contribution is 0.0844. The van der Waals surface area contributed by atoms with Crippen LogP contribution in [-0.2, 0) is 4.74 Å². The molecule has 1 aromatic rings. The third-order valence-electron chi connectivity index (χ3n) is 3.79. The van der Waals surface area contributed by atoms with E-state index in [1.54, 1.807) is 18.9 Å². The molecular weight excluding hydrogens is 272 g/mol. The molecule has 1 aliphatic rings. The monoisotopic (exact) mass is 296 g/mol.